The van der Waals surface area contributed by atoms with Crippen LogP contribution in [-0.2, 0) is 6.18 Å². The van der Waals surface area contributed by atoms with Gasteiger partial charge >= 0.3 is 6.18 Å². The molecule has 0 saturated carbocycles. The van der Waals surface area contributed by atoms with E-state index in [1.165, 1.54) is 6.07 Å². The van der Waals surface area contributed by atoms with Gasteiger partial charge in [-0.2, -0.15) is 17.7 Å². The molecule has 20 heavy (non-hydrogen) atoms. The van der Waals surface area contributed by atoms with Crippen LogP contribution in [-0.4, -0.2) is 44.0 Å². The Hall–Kier alpha value is -2.04. The summed E-state index contributed by atoms with van der Waals surface area (Å²) in [5.74, 6) is -4.99. The fourth-order valence-corrected chi connectivity index (χ4v) is 1.34. The first-order chi connectivity index (χ1) is 9.23. The summed E-state index contributed by atoms with van der Waals surface area (Å²) < 4.78 is 63.7. The SMILES string of the molecule is OCC(F)(F)CNc1ccc2nnc(C(F)(F)F)n2n1. The molecule has 0 atom stereocenters. The molecule has 2 rings (SSSR count). The molecule has 0 aromatic carbocycles. The first kappa shape index (κ1) is 14.4. The van der Waals surface area contributed by atoms with Crippen molar-refractivity contribution >= 4 is 11.5 Å². The lowest BCUT2D eigenvalue weighted by atomic mass is 10.3. The van der Waals surface area contributed by atoms with Gasteiger partial charge in [-0.1, -0.05) is 0 Å². The molecule has 2 N–H and O–H groups in total. The predicted octanol–water partition coefficient (Wildman–Crippen LogP) is 1.18. The number of aliphatic hydroxyl groups excluding tert-OH is 1. The molecule has 2 aromatic heterocycles. The largest absolute Gasteiger partial charge is 0.453 e. The number of anilines is 1. The maximum Gasteiger partial charge on any atom is 0.453 e. The van der Waals surface area contributed by atoms with Crippen LogP contribution in [0.3, 0.4) is 0 Å². The quantitative estimate of drug-likeness (QED) is 0.829. The van der Waals surface area contributed by atoms with Crippen molar-refractivity contribution in [3.05, 3.63) is 18.0 Å². The third-order valence-corrected chi connectivity index (χ3v) is 2.28. The van der Waals surface area contributed by atoms with Crippen molar-refractivity contribution in [2.45, 2.75) is 12.1 Å². The fourth-order valence-electron chi connectivity index (χ4n) is 1.34. The molecule has 0 aliphatic rings. The number of halogens is 5. The van der Waals surface area contributed by atoms with E-state index in [0.29, 0.717) is 4.52 Å². The van der Waals surface area contributed by atoms with Gasteiger partial charge in [0.05, 0.1) is 6.54 Å². The third kappa shape index (κ3) is 2.92. The maximum absolute atomic E-state index is 12.8. The highest BCUT2D eigenvalue weighted by atomic mass is 19.4. The van der Waals surface area contributed by atoms with Crippen LogP contribution in [0.25, 0.3) is 5.65 Å². The molecule has 2 aromatic rings. The monoisotopic (exact) mass is 297 g/mol. The average molecular weight is 297 g/mol. The maximum atomic E-state index is 12.8. The Bertz CT molecular complexity index is 610. The van der Waals surface area contributed by atoms with Gasteiger partial charge in [-0.25, -0.2) is 8.78 Å². The number of alkyl halides is 5. The topological polar surface area (TPSA) is 75.3 Å². The third-order valence-electron chi connectivity index (χ3n) is 2.28. The molecule has 0 unspecified atom stereocenters. The molecule has 0 radical (unpaired) electrons. The number of nitrogens with one attached hydrogen (secondary N) is 1. The van der Waals surface area contributed by atoms with E-state index in [4.69, 9.17) is 5.11 Å². The van der Waals surface area contributed by atoms with E-state index >= 15 is 0 Å². The van der Waals surface area contributed by atoms with Gasteiger partial charge < -0.3 is 10.4 Å². The molecule has 0 aliphatic carbocycles. The lowest BCUT2D eigenvalue weighted by Gasteiger charge is -2.14. The first-order valence-corrected chi connectivity index (χ1v) is 5.25. The summed E-state index contributed by atoms with van der Waals surface area (Å²) in [7, 11) is 0. The predicted molar refractivity (Wildman–Crippen MR) is 56.3 cm³/mol. The van der Waals surface area contributed by atoms with Crippen molar-refractivity contribution < 1.29 is 27.1 Å². The lowest BCUT2D eigenvalue weighted by Crippen LogP contribution is -2.31. The van der Waals surface area contributed by atoms with E-state index in [0.717, 1.165) is 6.07 Å². The number of nitrogens with zero attached hydrogens (tertiary/aromatic N) is 4. The molecular formula is C9H8F5N5O. The number of aromatic nitrogens is 4. The Labute approximate surface area is 108 Å². The van der Waals surface area contributed by atoms with Crippen LogP contribution >= 0.6 is 0 Å². The van der Waals surface area contributed by atoms with Gasteiger partial charge in [0.1, 0.15) is 12.4 Å². The molecule has 0 bridgehead atoms. The summed E-state index contributed by atoms with van der Waals surface area (Å²) >= 11 is 0. The highest BCUT2D eigenvalue weighted by molar-refractivity contribution is 5.44. The highest BCUT2D eigenvalue weighted by Crippen LogP contribution is 2.27. The van der Waals surface area contributed by atoms with E-state index < -0.39 is 31.1 Å². The van der Waals surface area contributed by atoms with Crippen molar-refractivity contribution in [3.63, 3.8) is 0 Å². The van der Waals surface area contributed by atoms with Gasteiger partial charge in [0.25, 0.3) is 11.7 Å². The number of hydrogen-bond acceptors (Lipinski definition) is 5. The second-order valence-corrected chi connectivity index (χ2v) is 3.88. The molecule has 0 aliphatic heterocycles. The number of hydrogen-bond donors (Lipinski definition) is 2. The Balaban J connectivity index is 2.29. The summed E-state index contributed by atoms with van der Waals surface area (Å²) in [6, 6.07) is 2.33. The summed E-state index contributed by atoms with van der Waals surface area (Å²) in [5, 5.41) is 20.2. The van der Waals surface area contributed by atoms with Gasteiger partial charge in [-0.15, -0.1) is 15.3 Å². The summed E-state index contributed by atoms with van der Waals surface area (Å²) in [6.07, 6.45) is -4.76. The van der Waals surface area contributed by atoms with Crippen LogP contribution in [0.5, 0.6) is 0 Å². The smallest absolute Gasteiger partial charge is 0.390 e. The van der Waals surface area contributed by atoms with Gasteiger partial charge in [0.15, 0.2) is 5.65 Å². The highest BCUT2D eigenvalue weighted by Gasteiger charge is 2.37. The van der Waals surface area contributed by atoms with Crippen LogP contribution in [0.15, 0.2) is 12.1 Å². The van der Waals surface area contributed by atoms with Crippen LogP contribution in [0.1, 0.15) is 5.82 Å². The van der Waals surface area contributed by atoms with Gasteiger partial charge in [0.2, 0.25) is 0 Å². The van der Waals surface area contributed by atoms with E-state index in [1.54, 1.807) is 0 Å². The zero-order valence-electron chi connectivity index (χ0n) is 9.69. The van der Waals surface area contributed by atoms with Crippen molar-refractivity contribution in [3.8, 4) is 0 Å². The molecule has 6 nitrogen and oxygen atoms in total. The zero-order chi connectivity index (χ0) is 15.0. The van der Waals surface area contributed by atoms with Crippen LogP contribution in [0.4, 0.5) is 27.8 Å². The Morgan fingerprint density at radius 1 is 1.15 bits per heavy atom. The molecule has 0 spiro atoms. The zero-order valence-corrected chi connectivity index (χ0v) is 9.69. The molecule has 110 valence electrons. The molecule has 0 amide bonds. The second kappa shape index (κ2) is 4.81. The normalized spacial score (nSPS) is 12.9. The van der Waals surface area contributed by atoms with Crippen molar-refractivity contribution in [1.82, 2.24) is 19.8 Å². The number of fused-ring (bicyclic) bond motifs is 1. The summed E-state index contributed by atoms with van der Waals surface area (Å²) in [6.45, 7) is -2.35. The molecular weight excluding hydrogens is 289 g/mol. The molecule has 0 fully saturated rings. The number of rotatable bonds is 4. The van der Waals surface area contributed by atoms with Crippen molar-refractivity contribution in [1.29, 1.82) is 0 Å². The van der Waals surface area contributed by atoms with E-state index in [2.05, 4.69) is 20.6 Å². The number of aliphatic hydroxyl groups is 1. The minimum Gasteiger partial charge on any atom is -0.390 e. The van der Waals surface area contributed by atoms with Crippen molar-refractivity contribution in [2.24, 2.45) is 0 Å². The Morgan fingerprint density at radius 3 is 2.45 bits per heavy atom. The summed E-state index contributed by atoms with van der Waals surface area (Å²) in [4.78, 5) is 0. The lowest BCUT2D eigenvalue weighted by molar-refractivity contribution is -0.146. The van der Waals surface area contributed by atoms with E-state index in [9.17, 15) is 22.0 Å². The van der Waals surface area contributed by atoms with E-state index in [1.807, 2.05) is 0 Å². The van der Waals surface area contributed by atoms with Crippen LogP contribution < -0.4 is 5.32 Å². The second-order valence-electron chi connectivity index (χ2n) is 3.88. The first-order valence-electron chi connectivity index (χ1n) is 5.25. The Morgan fingerprint density at radius 2 is 1.85 bits per heavy atom. The van der Waals surface area contributed by atoms with Gasteiger partial charge in [0, 0.05) is 0 Å². The standard InChI is InChI=1S/C9H8F5N5O/c10-8(11,4-20)3-15-5-1-2-6-16-17-7(9(12,13)14)19(6)18-5/h1-2,20H,3-4H2,(H,15,18). The minimum atomic E-state index is -4.76. The van der Waals surface area contributed by atoms with Crippen LogP contribution in [0, 0.1) is 0 Å². The molecule has 2 heterocycles. The van der Waals surface area contributed by atoms with E-state index in [-0.39, 0.29) is 11.5 Å². The van der Waals surface area contributed by atoms with Gasteiger partial charge in [-0.05, 0) is 12.1 Å². The molecule has 0 saturated heterocycles. The summed E-state index contributed by atoms with van der Waals surface area (Å²) in [5.41, 5.74) is -0.170. The van der Waals surface area contributed by atoms with Crippen LogP contribution in [0.2, 0.25) is 0 Å². The van der Waals surface area contributed by atoms with Gasteiger partial charge in [-0.3, -0.25) is 0 Å². The fraction of sp³-hybridized carbons (Fsp3) is 0.444. The average Bonchev–Trinajstić information content (AvgIpc) is 2.79. The molecule has 11 heteroatoms. The Kier molecular flexibility index (Phi) is 3.46. The van der Waals surface area contributed by atoms with Crippen molar-refractivity contribution in [2.75, 3.05) is 18.5 Å². The minimum absolute atomic E-state index is 0.170.